The summed E-state index contributed by atoms with van der Waals surface area (Å²) >= 11 is 9.57. The van der Waals surface area contributed by atoms with E-state index in [0.717, 1.165) is 5.52 Å². The van der Waals surface area contributed by atoms with Gasteiger partial charge in [0.25, 0.3) is 0 Å². The monoisotopic (exact) mass is 377 g/mol. The van der Waals surface area contributed by atoms with Gasteiger partial charge in [0.15, 0.2) is 0 Å². The zero-order chi connectivity index (χ0) is 15.1. The Hall–Kier alpha value is -0.830. The molecule has 1 aliphatic heterocycles. The largest absolute Gasteiger partial charge is 0.460 e. The van der Waals surface area contributed by atoms with Crippen LogP contribution in [-0.4, -0.2) is 51.5 Å². The molecule has 0 saturated carbocycles. The minimum absolute atomic E-state index is 0.395. The zero-order valence-corrected chi connectivity index (χ0v) is 13.0. The Morgan fingerprint density at radius 2 is 2.10 bits per heavy atom. The molecule has 1 aromatic carbocycles. The van der Waals surface area contributed by atoms with Crippen molar-refractivity contribution in [2.24, 2.45) is 0 Å². The third kappa shape index (κ3) is 2.54. The summed E-state index contributed by atoms with van der Waals surface area (Å²) in [5.41, 5.74) is 0.768. The molecule has 4 atom stereocenters. The number of aromatic amines is 1. The van der Waals surface area contributed by atoms with Gasteiger partial charge in [0, 0.05) is 10.7 Å². The summed E-state index contributed by atoms with van der Waals surface area (Å²) < 4.78 is 11.6. The highest BCUT2D eigenvalue weighted by Crippen LogP contribution is 2.38. The number of rotatable bonds is 3. The van der Waals surface area contributed by atoms with Crippen LogP contribution in [0.5, 0.6) is 5.75 Å². The first-order chi connectivity index (χ1) is 10.0. The average molecular weight is 379 g/mol. The van der Waals surface area contributed by atoms with E-state index < -0.39 is 31.2 Å². The first-order valence-electron chi connectivity index (χ1n) is 6.27. The Morgan fingerprint density at radius 3 is 2.76 bits per heavy atom. The van der Waals surface area contributed by atoms with E-state index in [-0.39, 0.29) is 0 Å². The molecule has 0 aliphatic carbocycles. The van der Waals surface area contributed by atoms with Gasteiger partial charge in [-0.2, -0.15) is 0 Å². The lowest BCUT2D eigenvalue weighted by Crippen LogP contribution is -2.35. The molecule has 0 amide bonds. The normalized spacial score (nSPS) is 29.2. The molecule has 2 aromatic rings. The lowest BCUT2D eigenvalue weighted by molar-refractivity contribution is -0.115. The van der Waals surface area contributed by atoms with Crippen molar-refractivity contribution in [2.75, 3.05) is 6.61 Å². The van der Waals surface area contributed by atoms with Gasteiger partial charge in [0.05, 0.1) is 22.5 Å². The summed E-state index contributed by atoms with van der Waals surface area (Å²) in [6.45, 7) is -0.404. The Balaban J connectivity index is 1.91. The van der Waals surface area contributed by atoms with Gasteiger partial charge in [-0.05, 0) is 28.1 Å². The summed E-state index contributed by atoms with van der Waals surface area (Å²) in [5, 5.41) is 29.8. The number of aromatic nitrogens is 1. The number of halogens is 2. The van der Waals surface area contributed by atoms with E-state index in [0.29, 0.717) is 20.6 Å². The number of hydrogen-bond donors (Lipinski definition) is 4. The van der Waals surface area contributed by atoms with Crippen LogP contribution in [-0.2, 0) is 4.74 Å². The number of aliphatic hydroxyl groups excluding tert-OH is 3. The molecule has 1 saturated heterocycles. The second kappa shape index (κ2) is 5.75. The van der Waals surface area contributed by atoms with Gasteiger partial charge in [-0.25, -0.2) is 0 Å². The summed E-state index contributed by atoms with van der Waals surface area (Å²) in [6.07, 6.45) is -2.81. The minimum atomic E-state index is -1.25. The van der Waals surface area contributed by atoms with Gasteiger partial charge < -0.3 is 29.8 Å². The van der Waals surface area contributed by atoms with Crippen LogP contribution in [0.1, 0.15) is 0 Å². The van der Waals surface area contributed by atoms with Crippen molar-refractivity contribution in [2.45, 2.75) is 24.6 Å². The van der Waals surface area contributed by atoms with Gasteiger partial charge in [-0.1, -0.05) is 11.6 Å². The summed E-state index contributed by atoms with van der Waals surface area (Å²) in [4.78, 5) is 3.00. The van der Waals surface area contributed by atoms with Gasteiger partial charge in [0.2, 0.25) is 6.29 Å². The van der Waals surface area contributed by atoms with Crippen molar-refractivity contribution in [3.63, 3.8) is 0 Å². The van der Waals surface area contributed by atoms with E-state index in [2.05, 4.69) is 20.9 Å². The minimum Gasteiger partial charge on any atom is -0.460 e. The van der Waals surface area contributed by atoms with Gasteiger partial charge in [-0.3, -0.25) is 0 Å². The lowest BCUT2D eigenvalue weighted by Gasteiger charge is -2.16. The number of benzene rings is 1. The standard InChI is InChI=1S/C13H13BrClNO5/c14-5-1-2-6-9(10(5)15)7(3-16-6)20-13-12(19)11(18)8(4-17)21-13/h1-3,8,11-13,16-19H,4H2/t8-,11-,12-,13+/m1/s1. The zero-order valence-electron chi connectivity index (χ0n) is 10.7. The van der Waals surface area contributed by atoms with E-state index in [1.165, 1.54) is 0 Å². The Kier molecular flexibility index (Phi) is 4.13. The maximum Gasteiger partial charge on any atom is 0.229 e. The Bertz CT molecular complexity index is 663. The second-order valence-corrected chi connectivity index (χ2v) is 5.99. The van der Waals surface area contributed by atoms with E-state index in [1.807, 2.05) is 6.07 Å². The van der Waals surface area contributed by atoms with Crippen LogP contribution >= 0.6 is 27.5 Å². The molecule has 1 fully saturated rings. The number of aliphatic hydroxyl groups is 3. The summed E-state index contributed by atoms with van der Waals surface area (Å²) in [5.74, 6) is 0.395. The van der Waals surface area contributed by atoms with E-state index in [1.54, 1.807) is 12.3 Å². The van der Waals surface area contributed by atoms with Crippen LogP contribution in [0.4, 0.5) is 0 Å². The molecule has 0 spiro atoms. The molecule has 3 rings (SSSR count). The van der Waals surface area contributed by atoms with Crippen LogP contribution in [0.3, 0.4) is 0 Å². The molecule has 1 aliphatic rings. The van der Waals surface area contributed by atoms with Crippen LogP contribution in [0, 0.1) is 0 Å². The van der Waals surface area contributed by atoms with Crippen molar-refractivity contribution in [3.05, 3.63) is 27.8 Å². The predicted octanol–water partition coefficient (Wildman–Crippen LogP) is 1.40. The SMILES string of the molecule is OC[C@H]1O[C@H](Oc2c[nH]c3ccc(Br)c(Cl)c23)[C@H](O)[C@@H]1O. The van der Waals surface area contributed by atoms with Crippen molar-refractivity contribution in [1.29, 1.82) is 0 Å². The number of hydrogen-bond acceptors (Lipinski definition) is 5. The molecule has 8 heteroatoms. The topological polar surface area (TPSA) is 94.9 Å². The number of nitrogens with one attached hydrogen (secondary N) is 1. The first kappa shape index (κ1) is 15.1. The predicted molar refractivity (Wildman–Crippen MR) is 79.4 cm³/mol. The lowest BCUT2D eigenvalue weighted by atomic mass is 10.1. The Morgan fingerprint density at radius 1 is 1.33 bits per heavy atom. The number of fused-ring (bicyclic) bond motifs is 1. The quantitative estimate of drug-likeness (QED) is 0.648. The van der Waals surface area contributed by atoms with Crippen LogP contribution in [0.2, 0.25) is 5.02 Å². The molecule has 1 aromatic heterocycles. The maximum absolute atomic E-state index is 9.89. The summed E-state index contributed by atoms with van der Waals surface area (Å²) in [6, 6.07) is 3.63. The van der Waals surface area contributed by atoms with E-state index >= 15 is 0 Å². The van der Waals surface area contributed by atoms with Gasteiger partial charge in [0.1, 0.15) is 24.1 Å². The molecule has 6 nitrogen and oxygen atoms in total. The highest BCUT2D eigenvalue weighted by molar-refractivity contribution is 9.10. The number of ether oxygens (including phenoxy) is 2. The molecular weight excluding hydrogens is 366 g/mol. The van der Waals surface area contributed by atoms with E-state index in [9.17, 15) is 10.2 Å². The molecule has 21 heavy (non-hydrogen) atoms. The van der Waals surface area contributed by atoms with E-state index in [4.69, 9.17) is 26.2 Å². The molecule has 2 heterocycles. The van der Waals surface area contributed by atoms with Crippen molar-refractivity contribution >= 4 is 38.4 Å². The number of H-pyrrole nitrogens is 1. The third-order valence-corrected chi connectivity index (χ3v) is 4.72. The van der Waals surface area contributed by atoms with Crippen LogP contribution in [0.25, 0.3) is 10.9 Å². The fourth-order valence-corrected chi connectivity index (χ4v) is 2.90. The average Bonchev–Trinajstić information content (AvgIpc) is 3.00. The van der Waals surface area contributed by atoms with Crippen molar-refractivity contribution in [1.82, 2.24) is 4.98 Å². The second-order valence-electron chi connectivity index (χ2n) is 4.76. The smallest absolute Gasteiger partial charge is 0.229 e. The molecular formula is C13H13BrClNO5. The third-order valence-electron chi connectivity index (χ3n) is 3.44. The van der Waals surface area contributed by atoms with Crippen molar-refractivity contribution < 1.29 is 24.8 Å². The first-order valence-corrected chi connectivity index (χ1v) is 7.44. The Labute approximate surface area is 133 Å². The van der Waals surface area contributed by atoms with Crippen LogP contribution < -0.4 is 4.74 Å². The fraction of sp³-hybridized carbons (Fsp3) is 0.385. The molecule has 114 valence electrons. The molecule has 0 bridgehead atoms. The van der Waals surface area contributed by atoms with Crippen molar-refractivity contribution in [3.8, 4) is 5.75 Å². The highest BCUT2D eigenvalue weighted by atomic mass is 79.9. The van der Waals surface area contributed by atoms with Gasteiger partial charge >= 0.3 is 0 Å². The summed E-state index contributed by atoms with van der Waals surface area (Å²) in [7, 11) is 0. The molecule has 0 unspecified atom stereocenters. The van der Waals surface area contributed by atoms with Crippen LogP contribution in [0.15, 0.2) is 22.8 Å². The molecule has 0 radical (unpaired) electrons. The fourth-order valence-electron chi connectivity index (χ4n) is 2.31. The maximum atomic E-state index is 9.89. The highest BCUT2D eigenvalue weighted by Gasteiger charge is 2.44. The van der Waals surface area contributed by atoms with Gasteiger partial charge in [-0.15, -0.1) is 0 Å². The molecule has 4 N–H and O–H groups in total.